The standard InChI is InChI=1S/C30H28F3N3O4/c1-29(2,3)24-13-4-5-15-26(24)39-27-25(14-8-16-34-27)36-28(37)35-21-10-7-11-22(18-21)38-19-20-9-6-12-23(17-20)40-30(31,32)33/h4-18H,19H2,1-3H3,(H2,35,36,37). The van der Waals surface area contributed by atoms with Gasteiger partial charge in [0.25, 0.3) is 0 Å². The zero-order valence-electron chi connectivity index (χ0n) is 22.1. The molecule has 10 heteroatoms. The largest absolute Gasteiger partial charge is 0.573 e. The third-order valence-corrected chi connectivity index (χ3v) is 5.55. The van der Waals surface area contributed by atoms with Crippen LogP contribution in [0.4, 0.5) is 29.3 Å². The molecule has 7 nitrogen and oxygen atoms in total. The van der Waals surface area contributed by atoms with E-state index in [1.165, 1.54) is 18.2 Å². The number of amides is 2. The molecule has 208 valence electrons. The fraction of sp³-hybridized carbons (Fsp3) is 0.200. The highest BCUT2D eigenvalue weighted by Gasteiger charge is 2.31. The van der Waals surface area contributed by atoms with Crippen LogP contribution in [0.15, 0.2) is 91.1 Å². The molecule has 0 radical (unpaired) electrons. The van der Waals surface area contributed by atoms with Crippen LogP contribution in [0.2, 0.25) is 0 Å². The summed E-state index contributed by atoms with van der Waals surface area (Å²) in [7, 11) is 0. The van der Waals surface area contributed by atoms with E-state index in [-0.39, 0.29) is 23.7 Å². The van der Waals surface area contributed by atoms with Crippen LogP contribution in [0.1, 0.15) is 31.9 Å². The maximum atomic E-state index is 12.8. The Morgan fingerprint density at radius 2 is 1.60 bits per heavy atom. The summed E-state index contributed by atoms with van der Waals surface area (Å²) in [6.45, 7) is 6.24. The highest BCUT2D eigenvalue weighted by Crippen LogP contribution is 2.35. The predicted octanol–water partition coefficient (Wildman–Crippen LogP) is 8.29. The van der Waals surface area contributed by atoms with Gasteiger partial charge in [-0.2, -0.15) is 0 Å². The molecule has 3 aromatic carbocycles. The second kappa shape index (κ2) is 12.0. The molecule has 0 unspecified atom stereocenters. The van der Waals surface area contributed by atoms with Gasteiger partial charge < -0.3 is 24.8 Å². The van der Waals surface area contributed by atoms with Crippen molar-refractivity contribution in [1.82, 2.24) is 4.98 Å². The summed E-state index contributed by atoms with van der Waals surface area (Å²) in [6, 6.07) is 22.6. The van der Waals surface area contributed by atoms with Gasteiger partial charge in [0, 0.05) is 23.5 Å². The van der Waals surface area contributed by atoms with Gasteiger partial charge in [0.1, 0.15) is 29.5 Å². The van der Waals surface area contributed by atoms with E-state index in [1.807, 2.05) is 24.3 Å². The van der Waals surface area contributed by atoms with Crippen molar-refractivity contribution in [1.29, 1.82) is 0 Å². The number of hydrogen-bond acceptors (Lipinski definition) is 5. The van der Waals surface area contributed by atoms with Gasteiger partial charge in [-0.25, -0.2) is 9.78 Å². The van der Waals surface area contributed by atoms with E-state index < -0.39 is 12.4 Å². The lowest BCUT2D eigenvalue weighted by Gasteiger charge is -2.22. The highest BCUT2D eigenvalue weighted by atomic mass is 19.4. The Morgan fingerprint density at radius 1 is 0.850 bits per heavy atom. The highest BCUT2D eigenvalue weighted by molar-refractivity contribution is 6.00. The first kappa shape index (κ1) is 28.3. The molecule has 4 rings (SSSR count). The fourth-order valence-corrected chi connectivity index (χ4v) is 3.79. The topological polar surface area (TPSA) is 81.7 Å². The lowest BCUT2D eigenvalue weighted by molar-refractivity contribution is -0.274. The smallest absolute Gasteiger partial charge is 0.489 e. The summed E-state index contributed by atoms with van der Waals surface area (Å²) in [5.41, 5.74) is 2.12. The number of aromatic nitrogens is 1. The molecule has 0 aliphatic carbocycles. The molecule has 0 bridgehead atoms. The minimum atomic E-state index is -4.78. The zero-order valence-corrected chi connectivity index (χ0v) is 22.1. The number of carbonyl (C=O) groups is 1. The first-order chi connectivity index (χ1) is 19.0. The molecule has 2 N–H and O–H groups in total. The SMILES string of the molecule is CC(C)(C)c1ccccc1Oc1ncccc1NC(=O)Nc1cccc(OCc2cccc(OC(F)(F)F)c2)c1. The van der Waals surface area contributed by atoms with Gasteiger partial charge in [-0.3, -0.25) is 0 Å². The Kier molecular flexibility index (Phi) is 8.47. The number of nitrogens with zero attached hydrogens (tertiary/aromatic N) is 1. The van der Waals surface area contributed by atoms with Gasteiger partial charge in [0.15, 0.2) is 0 Å². The Morgan fingerprint density at radius 3 is 2.38 bits per heavy atom. The third-order valence-electron chi connectivity index (χ3n) is 5.55. The van der Waals surface area contributed by atoms with Crippen LogP contribution in [0.3, 0.4) is 0 Å². The van der Waals surface area contributed by atoms with Crippen molar-refractivity contribution >= 4 is 17.4 Å². The Labute approximate surface area is 229 Å². The number of alkyl halides is 3. The predicted molar refractivity (Wildman–Crippen MR) is 146 cm³/mol. The van der Waals surface area contributed by atoms with E-state index in [4.69, 9.17) is 9.47 Å². The van der Waals surface area contributed by atoms with Crippen molar-refractivity contribution in [2.24, 2.45) is 0 Å². The van der Waals surface area contributed by atoms with Crippen molar-refractivity contribution < 1.29 is 32.2 Å². The van der Waals surface area contributed by atoms with Crippen molar-refractivity contribution in [2.75, 3.05) is 10.6 Å². The molecule has 1 aromatic heterocycles. The maximum Gasteiger partial charge on any atom is 0.573 e. The van der Waals surface area contributed by atoms with E-state index >= 15 is 0 Å². The Balaban J connectivity index is 1.39. The molecular weight excluding hydrogens is 523 g/mol. The molecule has 2 amide bonds. The monoisotopic (exact) mass is 551 g/mol. The minimum absolute atomic E-state index is 0.00285. The minimum Gasteiger partial charge on any atom is -0.489 e. The van der Waals surface area contributed by atoms with Gasteiger partial charge in [0.05, 0.1) is 0 Å². The van der Waals surface area contributed by atoms with Gasteiger partial charge in [-0.05, 0) is 53.4 Å². The molecule has 0 aliphatic heterocycles. The number of urea groups is 1. The number of anilines is 2. The van der Waals surface area contributed by atoms with E-state index in [0.717, 1.165) is 5.56 Å². The van der Waals surface area contributed by atoms with Crippen LogP contribution >= 0.6 is 0 Å². The Hall–Kier alpha value is -4.73. The normalized spacial score (nSPS) is 11.4. The quantitative estimate of drug-likeness (QED) is 0.230. The third kappa shape index (κ3) is 8.13. The van der Waals surface area contributed by atoms with Crippen LogP contribution in [-0.2, 0) is 12.0 Å². The van der Waals surface area contributed by atoms with Crippen molar-refractivity contribution in [3.8, 4) is 23.1 Å². The summed E-state index contributed by atoms with van der Waals surface area (Å²) in [5, 5.41) is 5.49. The molecule has 0 saturated carbocycles. The summed E-state index contributed by atoms with van der Waals surface area (Å²) < 4.78 is 53.2. The maximum absolute atomic E-state index is 12.8. The second-order valence-electron chi connectivity index (χ2n) is 9.80. The fourth-order valence-electron chi connectivity index (χ4n) is 3.79. The Bertz CT molecular complexity index is 1470. The van der Waals surface area contributed by atoms with Crippen LogP contribution in [-0.4, -0.2) is 17.4 Å². The number of hydrogen-bond donors (Lipinski definition) is 2. The van der Waals surface area contributed by atoms with Crippen LogP contribution in [0, 0.1) is 0 Å². The van der Waals surface area contributed by atoms with Gasteiger partial charge in [-0.15, -0.1) is 13.2 Å². The van der Waals surface area contributed by atoms with Crippen molar-refractivity contribution in [3.05, 3.63) is 102 Å². The van der Waals surface area contributed by atoms with E-state index in [2.05, 4.69) is 41.1 Å². The number of pyridine rings is 1. The summed E-state index contributed by atoms with van der Waals surface area (Å²) in [6.07, 6.45) is -3.20. The number of benzene rings is 3. The molecule has 0 spiro atoms. The molecule has 0 aliphatic rings. The average molecular weight is 552 g/mol. The molecular formula is C30H28F3N3O4. The lowest BCUT2D eigenvalue weighted by atomic mass is 9.86. The van der Waals surface area contributed by atoms with Crippen molar-refractivity contribution in [2.45, 2.75) is 39.2 Å². The molecule has 0 atom stereocenters. The average Bonchev–Trinajstić information content (AvgIpc) is 2.88. The number of rotatable bonds is 8. The number of nitrogens with one attached hydrogen (secondary N) is 2. The molecule has 0 fully saturated rings. The number of carbonyl (C=O) groups excluding carboxylic acids is 1. The van der Waals surface area contributed by atoms with E-state index in [1.54, 1.807) is 48.7 Å². The summed E-state index contributed by atoms with van der Waals surface area (Å²) in [5.74, 6) is 0.950. The van der Waals surface area contributed by atoms with E-state index in [9.17, 15) is 18.0 Å². The van der Waals surface area contributed by atoms with Crippen LogP contribution in [0.25, 0.3) is 0 Å². The first-order valence-electron chi connectivity index (χ1n) is 12.3. The van der Waals surface area contributed by atoms with Crippen LogP contribution in [0.5, 0.6) is 23.1 Å². The lowest BCUT2D eigenvalue weighted by Crippen LogP contribution is -2.20. The number of para-hydroxylation sites is 1. The zero-order chi connectivity index (χ0) is 28.8. The number of ether oxygens (including phenoxy) is 3. The summed E-state index contributed by atoms with van der Waals surface area (Å²) >= 11 is 0. The molecule has 40 heavy (non-hydrogen) atoms. The van der Waals surface area contributed by atoms with Crippen LogP contribution < -0.4 is 24.8 Å². The summed E-state index contributed by atoms with van der Waals surface area (Å²) in [4.78, 5) is 17.1. The van der Waals surface area contributed by atoms with Gasteiger partial charge in [0.2, 0.25) is 5.88 Å². The van der Waals surface area contributed by atoms with Gasteiger partial charge >= 0.3 is 12.4 Å². The molecule has 4 aromatic rings. The van der Waals surface area contributed by atoms with Crippen molar-refractivity contribution in [3.63, 3.8) is 0 Å². The molecule has 1 heterocycles. The number of halogens is 3. The molecule has 0 saturated heterocycles. The van der Waals surface area contributed by atoms with E-state index in [0.29, 0.717) is 28.4 Å². The first-order valence-corrected chi connectivity index (χ1v) is 12.3. The second-order valence-corrected chi connectivity index (χ2v) is 9.80. The van der Waals surface area contributed by atoms with Gasteiger partial charge in [-0.1, -0.05) is 57.2 Å².